The van der Waals surface area contributed by atoms with E-state index in [0.717, 1.165) is 12.1 Å². The highest BCUT2D eigenvalue weighted by Gasteiger charge is 2.31. The Morgan fingerprint density at radius 2 is 2.00 bits per heavy atom. The summed E-state index contributed by atoms with van der Waals surface area (Å²) < 4.78 is 47.4. The molecule has 0 saturated carbocycles. The van der Waals surface area contributed by atoms with E-state index < -0.39 is 17.7 Å². The maximum atomic E-state index is 12.3. The summed E-state index contributed by atoms with van der Waals surface area (Å²) in [5, 5.41) is 0. The van der Waals surface area contributed by atoms with E-state index in [9.17, 15) is 18.0 Å². The summed E-state index contributed by atoms with van der Waals surface area (Å²) in [5.74, 6) is -0.278. The first kappa shape index (κ1) is 14.9. The number of halogens is 3. The fraction of sp³-hybridized carbons (Fsp3) is 0.0667. The lowest BCUT2D eigenvalue weighted by molar-refractivity contribution is -0.274. The van der Waals surface area contributed by atoms with E-state index >= 15 is 0 Å². The van der Waals surface area contributed by atoms with E-state index in [2.05, 4.69) is 9.72 Å². The molecule has 0 aliphatic carbocycles. The number of hydrogen-bond donors (Lipinski definition) is 0. The van der Waals surface area contributed by atoms with Crippen LogP contribution in [0.2, 0.25) is 0 Å². The summed E-state index contributed by atoms with van der Waals surface area (Å²) in [6.45, 7) is 0. The Bertz CT molecular complexity index is 870. The van der Waals surface area contributed by atoms with Gasteiger partial charge in [-0.3, -0.25) is 0 Å². The molecule has 0 unspecified atom stereocenters. The minimum Gasteiger partial charge on any atom is -0.423 e. The van der Waals surface area contributed by atoms with E-state index in [4.69, 9.17) is 4.42 Å². The SMILES string of the molecule is O=c1cc(-n2ccnc2)cc(-c2cccc(OC(F)(F)F)c2)o1. The molecule has 0 aliphatic heterocycles. The molecular weight excluding hydrogens is 313 g/mol. The molecule has 23 heavy (non-hydrogen) atoms. The zero-order chi connectivity index (χ0) is 16.4. The van der Waals surface area contributed by atoms with Gasteiger partial charge in [-0.1, -0.05) is 12.1 Å². The average Bonchev–Trinajstić information content (AvgIpc) is 2.99. The van der Waals surface area contributed by atoms with Gasteiger partial charge in [-0.25, -0.2) is 9.78 Å². The fourth-order valence-corrected chi connectivity index (χ4v) is 2.01. The molecule has 0 amide bonds. The van der Waals surface area contributed by atoms with Crippen molar-refractivity contribution in [2.45, 2.75) is 6.36 Å². The normalized spacial score (nSPS) is 11.4. The Labute approximate surface area is 127 Å². The molecular formula is C15H9F3N2O3. The van der Waals surface area contributed by atoms with Crippen molar-refractivity contribution in [1.82, 2.24) is 9.55 Å². The van der Waals surface area contributed by atoms with Gasteiger partial charge in [0.2, 0.25) is 0 Å². The molecule has 3 aromatic rings. The van der Waals surface area contributed by atoms with Crippen LogP contribution >= 0.6 is 0 Å². The van der Waals surface area contributed by atoms with E-state index in [1.54, 1.807) is 10.8 Å². The Morgan fingerprint density at radius 1 is 1.17 bits per heavy atom. The third kappa shape index (κ3) is 3.60. The third-order valence-corrected chi connectivity index (χ3v) is 2.91. The Hall–Kier alpha value is -3.03. The lowest BCUT2D eigenvalue weighted by Gasteiger charge is -2.10. The van der Waals surface area contributed by atoms with Crippen molar-refractivity contribution < 1.29 is 22.3 Å². The van der Waals surface area contributed by atoms with Crippen LogP contribution in [0, 0.1) is 0 Å². The number of hydrogen-bond acceptors (Lipinski definition) is 4. The van der Waals surface area contributed by atoms with Gasteiger partial charge in [0.1, 0.15) is 11.5 Å². The molecule has 1 aromatic carbocycles. The lowest BCUT2D eigenvalue weighted by atomic mass is 10.1. The smallest absolute Gasteiger partial charge is 0.423 e. The van der Waals surface area contributed by atoms with Crippen LogP contribution in [0.1, 0.15) is 0 Å². The largest absolute Gasteiger partial charge is 0.573 e. The zero-order valence-corrected chi connectivity index (χ0v) is 11.4. The second-order valence-corrected chi connectivity index (χ2v) is 4.54. The van der Waals surface area contributed by atoms with Crippen molar-refractivity contribution in [3.8, 4) is 22.8 Å². The number of alkyl halides is 3. The van der Waals surface area contributed by atoms with Crippen molar-refractivity contribution in [3.05, 3.63) is 65.5 Å². The highest BCUT2D eigenvalue weighted by Crippen LogP contribution is 2.28. The minimum absolute atomic E-state index is 0.119. The predicted molar refractivity (Wildman–Crippen MR) is 74.2 cm³/mol. The summed E-state index contributed by atoms with van der Waals surface area (Å²) in [6, 6.07) is 7.97. The highest BCUT2D eigenvalue weighted by molar-refractivity contribution is 5.61. The van der Waals surface area contributed by atoms with E-state index in [1.807, 2.05) is 0 Å². The maximum absolute atomic E-state index is 12.3. The zero-order valence-electron chi connectivity index (χ0n) is 11.4. The number of rotatable bonds is 3. The molecule has 3 rings (SSSR count). The van der Waals surface area contributed by atoms with E-state index in [0.29, 0.717) is 5.69 Å². The maximum Gasteiger partial charge on any atom is 0.573 e. The summed E-state index contributed by atoms with van der Waals surface area (Å²) in [5.41, 5.74) is 0.134. The van der Waals surface area contributed by atoms with Crippen LogP contribution in [0.3, 0.4) is 0 Å². The number of imidazole rings is 1. The number of ether oxygens (including phenoxy) is 1. The van der Waals surface area contributed by atoms with Crippen LogP contribution in [0.25, 0.3) is 17.0 Å². The second-order valence-electron chi connectivity index (χ2n) is 4.54. The molecule has 5 nitrogen and oxygen atoms in total. The first-order chi connectivity index (χ1) is 10.9. The van der Waals surface area contributed by atoms with E-state index in [1.165, 1.54) is 36.8 Å². The van der Waals surface area contributed by atoms with Crippen LogP contribution in [-0.2, 0) is 0 Å². The molecule has 0 spiro atoms. The van der Waals surface area contributed by atoms with Gasteiger partial charge in [0, 0.05) is 30.1 Å². The van der Waals surface area contributed by atoms with Gasteiger partial charge in [-0.2, -0.15) is 0 Å². The van der Waals surface area contributed by atoms with Crippen molar-refractivity contribution in [2.75, 3.05) is 0 Å². The molecule has 0 atom stereocenters. The first-order valence-corrected chi connectivity index (χ1v) is 6.40. The average molecular weight is 322 g/mol. The summed E-state index contributed by atoms with van der Waals surface area (Å²) >= 11 is 0. The molecule has 0 bridgehead atoms. The molecule has 0 radical (unpaired) electrons. The van der Waals surface area contributed by atoms with Crippen molar-refractivity contribution in [2.24, 2.45) is 0 Å². The van der Waals surface area contributed by atoms with Gasteiger partial charge in [-0.15, -0.1) is 13.2 Å². The lowest BCUT2D eigenvalue weighted by Crippen LogP contribution is -2.17. The van der Waals surface area contributed by atoms with E-state index in [-0.39, 0.29) is 11.3 Å². The van der Waals surface area contributed by atoms with Crippen LogP contribution in [0.15, 0.2) is 64.3 Å². The molecule has 0 aliphatic rings. The molecule has 118 valence electrons. The van der Waals surface area contributed by atoms with Crippen molar-refractivity contribution in [1.29, 1.82) is 0 Å². The fourth-order valence-electron chi connectivity index (χ4n) is 2.01. The Morgan fingerprint density at radius 3 is 2.70 bits per heavy atom. The van der Waals surface area contributed by atoms with Gasteiger partial charge in [0.15, 0.2) is 0 Å². The van der Waals surface area contributed by atoms with Gasteiger partial charge in [-0.05, 0) is 12.1 Å². The van der Waals surface area contributed by atoms with Crippen molar-refractivity contribution >= 4 is 0 Å². The quantitative estimate of drug-likeness (QED) is 0.742. The monoisotopic (exact) mass is 322 g/mol. The highest BCUT2D eigenvalue weighted by atomic mass is 19.4. The van der Waals surface area contributed by atoms with Crippen LogP contribution in [-0.4, -0.2) is 15.9 Å². The number of benzene rings is 1. The first-order valence-electron chi connectivity index (χ1n) is 6.40. The standard InChI is InChI=1S/C15H9F3N2O3/c16-15(17,18)23-12-3-1-2-10(6-12)13-7-11(8-14(21)22-13)20-5-4-19-9-20/h1-9H. The molecule has 0 fully saturated rings. The molecule has 2 heterocycles. The Balaban J connectivity index is 2.02. The van der Waals surface area contributed by atoms with Gasteiger partial charge < -0.3 is 13.7 Å². The predicted octanol–water partition coefficient (Wildman–Crippen LogP) is 3.39. The van der Waals surface area contributed by atoms with Crippen LogP contribution in [0.4, 0.5) is 13.2 Å². The Kier molecular flexibility index (Phi) is 3.65. The van der Waals surface area contributed by atoms with Gasteiger partial charge in [0.25, 0.3) is 0 Å². The molecule has 0 saturated heterocycles. The topological polar surface area (TPSA) is 57.3 Å². The molecule has 0 N–H and O–H groups in total. The summed E-state index contributed by atoms with van der Waals surface area (Å²) in [6.07, 6.45) is -0.145. The molecule has 2 aromatic heterocycles. The van der Waals surface area contributed by atoms with Crippen molar-refractivity contribution in [3.63, 3.8) is 0 Å². The van der Waals surface area contributed by atoms with Crippen LogP contribution < -0.4 is 10.4 Å². The number of nitrogens with zero attached hydrogens (tertiary/aromatic N) is 2. The van der Waals surface area contributed by atoms with Crippen LogP contribution in [0.5, 0.6) is 5.75 Å². The summed E-state index contributed by atoms with van der Waals surface area (Å²) in [7, 11) is 0. The van der Waals surface area contributed by atoms with Gasteiger partial charge >= 0.3 is 12.0 Å². The minimum atomic E-state index is -4.79. The third-order valence-electron chi connectivity index (χ3n) is 2.91. The number of aromatic nitrogens is 2. The van der Waals surface area contributed by atoms with Gasteiger partial charge in [0.05, 0.1) is 12.0 Å². The second kappa shape index (κ2) is 5.64. The molecule has 8 heteroatoms. The summed E-state index contributed by atoms with van der Waals surface area (Å²) in [4.78, 5) is 15.6.